The van der Waals surface area contributed by atoms with Crippen molar-refractivity contribution in [1.29, 1.82) is 0 Å². The summed E-state index contributed by atoms with van der Waals surface area (Å²) in [5.41, 5.74) is 2.58. The van der Waals surface area contributed by atoms with Crippen LogP contribution in [-0.4, -0.2) is 31.8 Å². The van der Waals surface area contributed by atoms with Crippen LogP contribution in [0.1, 0.15) is 39.2 Å². The molecule has 1 N–H and O–H groups in total. The number of hydrogen-bond acceptors (Lipinski definition) is 3. The number of ether oxygens (including phenoxy) is 1. The smallest absolute Gasteiger partial charge is 0.0723 e. The molecule has 0 saturated carbocycles. The summed E-state index contributed by atoms with van der Waals surface area (Å²) in [6, 6.07) is 6.67. The van der Waals surface area contributed by atoms with Crippen LogP contribution in [0, 0.1) is 0 Å². The Morgan fingerprint density at radius 2 is 2.19 bits per heavy atom. The van der Waals surface area contributed by atoms with Gasteiger partial charge in [-0.2, -0.15) is 0 Å². The molecule has 1 aliphatic heterocycles. The number of rotatable bonds is 6. The maximum Gasteiger partial charge on any atom is 0.0723 e. The van der Waals surface area contributed by atoms with Crippen molar-refractivity contribution in [3.8, 4) is 0 Å². The van der Waals surface area contributed by atoms with Crippen LogP contribution < -0.4 is 10.2 Å². The lowest BCUT2D eigenvalue weighted by Crippen LogP contribution is -2.49. The first-order valence-corrected chi connectivity index (χ1v) is 8.40. The molecule has 0 bridgehead atoms. The van der Waals surface area contributed by atoms with Gasteiger partial charge >= 0.3 is 0 Å². The molecule has 1 heterocycles. The van der Waals surface area contributed by atoms with E-state index in [9.17, 15) is 0 Å². The van der Waals surface area contributed by atoms with E-state index in [1.165, 1.54) is 11.3 Å². The topological polar surface area (TPSA) is 24.5 Å². The predicted molar refractivity (Wildman–Crippen MR) is 90.3 cm³/mol. The number of anilines is 1. The standard InChI is InChI=1S/C17H27ClN2O/c1-4-8-19-10-14-6-7-15(18)9-17(14)20-11-13(3)21-12-16(20)5-2/h6-7,9,13,16,19H,4-5,8,10-12H2,1-3H3. The molecule has 21 heavy (non-hydrogen) atoms. The Bertz CT molecular complexity index is 452. The van der Waals surface area contributed by atoms with E-state index in [4.69, 9.17) is 16.3 Å². The van der Waals surface area contributed by atoms with Crippen LogP contribution in [0.25, 0.3) is 0 Å². The van der Waals surface area contributed by atoms with Gasteiger partial charge in [0, 0.05) is 23.8 Å². The molecule has 1 fully saturated rings. The first-order chi connectivity index (χ1) is 10.2. The van der Waals surface area contributed by atoms with Gasteiger partial charge < -0.3 is 15.0 Å². The van der Waals surface area contributed by atoms with E-state index in [0.717, 1.165) is 44.1 Å². The Balaban J connectivity index is 2.24. The second kappa shape index (κ2) is 8.02. The Labute approximate surface area is 133 Å². The highest BCUT2D eigenvalue weighted by atomic mass is 35.5. The van der Waals surface area contributed by atoms with Crippen molar-refractivity contribution in [2.75, 3.05) is 24.6 Å². The maximum absolute atomic E-state index is 6.25. The Morgan fingerprint density at radius 3 is 2.90 bits per heavy atom. The van der Waals surface area contributed by atoms with E-state index in [0.29, 0.717) is 6.04 Å². The Kier molecular flexibility index (Phi) is 6.34. The number of morpholine rings is 1. The van der Waals surface area contributed by atoms with E-state index in [1.54, 1.807) is 0 Å². The summed E-state index contributed by atoms with van der Waals surface area (Å²) >= 11 is 6.25. The van der Waals surface area contributed by atoms with E-state index in [1.807, 2.05) is 6.07 Å². The highest BCUT2D eigenvalue weighted by Gasteiger charge is 2.27. The number of halogens is 1. The van der Waals surface area contributed by atoms with Gasteiger partial charge in [-0.1, -0.05) is 31.5 Å². The largest absolute Gasteiger partial charge is 0.375 e. The summed E-state index contributed by atoms with van der Waals surface area (Å²) in [4.78, 5) is 2.48. The van der Waals surface area contributed by atoms with Gasteiger partial charge in [0.15, 0.2) is 0 Å². The predicted octanol–water partition coefficient (Wildman–Crippen LogP) is 3.84. The fraction of sp³-hybridized carbons (Fsp3) is 0.647. The third kappa shape index (κ3) is 4.35. The summed E-state index contributed by atoms with van der Waals surface area (Å²) in [6.07, 6.45) is 2.50. The van der Waals surface area contributed by atoms with Crippen LogP contribution >= 0.6 is 11.6 Å². The number of benzene rings is 1. The molecular formula is C17H27ClN2O. The first kappa shape index (κ1) is 16.6. The first-order valence-electron chi connectivity index (χ1n) is 8.03. The maximum atomic E-state index is 6.25. The molecule has 2 atom stereocenters. The Hall–Kier alpha value is -0.770. The van der Waals surface area contributed by atoms with Gasteiger partial charge in [-0.25, -0.2) is 0 Å². The lowest BCUT2D eigenvalue weighted by atomic mass is 10.1. The van der Waals surface area contributed by atoms with Crippen LogP contribution in [0.4, 0.5) is 5.69 Å². The molecule has 118 valence electrons. The van der Waals surface area contributed by atoms with E-state index in [2.05, 4.69) is 43.1 Å². The van der Waals surface area contributed by atoms with Gasteiger partial charge in [0.25, 0.3) is 0 Å². The van der Waals surface area contributed by atoms with Crippen LogP contribution in [0.3, 0.4) is 0 Å². The van der Waals surface area contributed by atoms with Crippen LogP contribution in [0.2, 0.25) is 5.02 Å². The van der Waals surface area contributed by atoms with E-state index >= 15 is 0 Å². The van der Waals surface area contributed by atoms with Crippen LogP contribution in [0.5, 0.6) is 0 Å². The third-order valence-electron chi connectivity index (χ3n) is 4.04. The highest BCUT2D eigenvalue weighted by molar-refractivity contribution is 6.30. The van der Waals surface area contributed by atoms with Crippen LogP contribution in [0.15, 0.2) is 18.2 Å². The molecule has 0 aliphatic carbocycles. The zero-order valence-electron chi connectivity index (χ0n) is 13.4. The molecule has 1 aromatic carbocycles. The van der Waals surface area contributed by atoms with Gasteiger partial charge in [0.2, 0.25) is 0 Å². The molecule has 3 nitrogen and oxygen atoms in total. The van der Waals surface area contributed by atoms with Crippen molar-refractivity contribution in [3.05, 3.63) is 28.8 Å². The quantitative estimate of drug-likeness (QED) is 0.808. The van der Waals surface area contributed by atoms with Crippen molar-refractivity contribution >= 4 is 17.3 Å². The second-order valence-corrected chi connectivity index (χ2v) is 6.24. The summed E-state index contributed by atoms with van der Waals surface area (Å²) in [6.45, 7) is 10.2. The third-order valence-corrected chi connectivity index (χ3v) is 4.27. The highest BCUT2D eigenvalue weighted by Crippen LogP contribution is 2.30. The Morgan fingerprint density at radius 1 is 1.38 bits per heavy atom. The van der Waals surface area contributed by atoms with Gasteiger partial charge in [0.05, 0.1) is 18.8 Å². The van der Waals surface area contributed by atoms with Gasteiger partial charge in [-0.05, 0) is 44.0 Å². The molecular weight excluding hydrogens is 284 g/mol. The molecule has 1 aliphatic rings. The molecule has 0 amide bonds. The van der Waals surface area contributed by atoms with Crippen LogP contribution in [-0.2, 0) is 11.3 Å². The van der Waals surface area contributed by atoms with Crippen molar-refractivity contribution in [2.24, 2.45) is 0 Å². The van der Waals surface area contributed by atoms with Crippen molar-refractivity contribution in [1.82, 2.24) is 5.32 Å². The minimum absolute atomic E-state index is 0.267. The van der Waals surface area contributed by atoms with Crippen molar-refractivity contribution < 1.29 is 4.74 Å². The fourth-order valence-corrected chi connectivity index (χ4v) is 3.00. The lowest BCUT2D eigenvalue weighted by Gasteiger charge is -2.41. The molecule has 4 heteroatoms. The van der Waals surface area contributed by atoms with Crippen molar-refractivity contribution in [2.45, 2.75) is 52.3 Å². The molecule has 1 aromatic rings. The monoisotopic (exact) mass is 310 g/mol. The molecule has 2 rings (SSSR count). The lowest BCUT2D eigenvalue weighted by molar-refractivity contribution is 0.0299. The fourth-order valence-electron chi connectivity index (χ4n) is 2.83. The molecule has 0 radical (unpaired) electrons. The zero-order valence-corrected chi connectivity index (χ0v) is 14.1. The average Bonchev–Trinajstić information content (AvgIpc) is 2.49. The van der Waals surface area contributed by atoms with E-state index in [-0.39, 0.29) is 6.10 Å². The summed E-state index contributed by atoms with van der Waals surface area (Å²) in [5, 5.41) is 4.30. The summed E-state index contributed by atoms with van der Waals surface area (Å²) < 4.78 is 5.81. The minimum Gasteiger partial charge on any atom is -0.375 e. The number of nitrogens with one attached hydrogen (secondary N) is 1. The summed E-state index contributed by atoms with van der Waals surface area (Å²) in [7, 11) is 0. The zero-order chi connectivity index (χ0) is 15.2. The minimum atomic E-state index is 0.267. The van der Waals surface area contributed by atoms with Gasteiger partial charge in [-0.15, -0.1) is 0 Å². The number of hydrogen-bond donors (Lipinski definition) is 1. The van der Waals surface area contributed by atoms with Gasteiger partial charge in [0.1, 0.15) is 0 Å². The molecule has 1 saturated heterocycles. The number of nitrogens with zero attached hydrogens (tertiary/aromatic N) is 1. The second-order valence-electron chi connectivity index (χ2n) is 5.81. The molecule has 0 aromatic heterocycles. The molecule has 0 spiro atoms. The van der Waals surface area contributed by atoms with E-state index < -0.39 is 0 Å². The normalized spacial score (nSPS) is 22.6. The summed E-state index contributed by atoms with van der Waals surface area (Å²) in [5.74, 6) is 0. The van der Waals surface area contributed by atoms with Crippen molar-refractivity contribution in [3.63, 3.8) is 0 Å². The molecule has 2 unspecified atom stereocenters. The average molecular weight is 311 g/mol. The SMILES string of the molecule is CCCNCc1ccc(Cl)cc1N1CC(C)OCC1CC. The van der Waals surface area contributed by atoms with Gasteiger partial charge in [-0.3, -0.25) is 0 Å².